The van der Waals surface area contributed by atoms with Crippen molar-refractivity contribution in [3.63, 3.8) is 0 Å². The van der Waals surface area contributed by atoms with Crippen molar-refractivity contribution in [2.75, 3.05) is 19.6 Å². The first-order valence-corrected chi connectivity index (χ1v) is 7.66. The SMILES string of the molecule is O=C(O)C1CCN(S(=O)(=O)NCCc2ncno2)CC1. The molecule has 112 valence electrons. The lowest BCUT2D eigenvalue weighted by Gasteiger charge is -2.29. The van der Waals surface area contributed by atoms with Crippen LogP contribution >= 0.6 is 0 Å². The van der Waals surface area contributed by atoms with Crippen molar-refractivity contribution in [1.29, 1.82) is 0 Å². The fraction of sp³-hybridized carbons (Fsp3) is 0.700. The molecule has 0 amide bonds. The topological polar surface area (TPSA) is 126 Å². The van der Waals surface area contributed by atoms with Crippen molar-refractivity contribution in [2.45, 2.75) is 19.3 Å². The number of piperidine rings is 1. The van der Waals surface area contributed by atoms with Gasteiger partial charge in [0.15, 0.2) is 6.33 Å². The summed E-state index contributed by atoms with van der Waals surface area (Å²) in [6, 6.07) is 0. The molecule has 0 atom stereocenters. The molecule has 1 aliphatic heterocycles. The summed E-state index contributed by atoms with van der Waals surface area (Å²) in [7, 11) is -3.59. The van der Waals surface area contributed by atoms with Crippen LogP contribution in [0, 0.1) is 5.92 Å². The second-order valence-corrected chi connectivity index (χ2v) is 6.25. The highest BCUT2D eigenvalue weighted by atomic mass is 32.2. The summed E-state index contributed by atoms with van der Waals surface area (Å²) in [6.07, 6.45) is 2.23. The Morgan fingerprint density at radius 2 is 2.20 bits per heavy atom. The van der Waals surface area contributed by atoms with E-state index in [1.807, 2.05) is 0 Å². The quantitative estimate of drug-likeness (QED) is 0.707. The Bertz CT molecular complexity index is 536. The van der Waals surface area contributed by atoms with E-state index in [1.54, 1.807) is 0 Å². The Morgan fingerprint density at radius 1 is 1.50 bits per heavy atom. The number of rotatable bonds is 6. The molecule has 0 bridgehead atoms. The van der Waals surface area contributed by atoms with Crippen molar-refractivity contribution < 1.29 is 22.8 Å². The van der Waals surface area contributed by atoms with E-state index in [4.69, 9.17) is 9.63 Å². The maximum atomic E-state index is 12.0. The molecule has 0 saturated carbocycles. The number of nitrogens with zero attached hydrogens (tertiary/aromatic N) is 3. The van der Waals surface area contributed by atoms with Crippen LogP contribution in [0.1, 0.15) is 18.7 Å². The highest BCUT2D eigenvalue weighted by molar-refractivity contribution is 7.87. The van der Waals surface area contributed by atoms with E-state index < -0.39 is 22.1 Å². The summed E-state index contributed by atoms with van der Waals surface area (Å²) < 4.78 is 32.4. The molecule has 0 aromatic carbocycles. The number of nitrogens with one attached hydrogen (secondary N) is 1. The Hall–Kier alpha value is -1.52. The van der Waals surface area contributed by atoms with Crippen LogP contribution in [0.4, 0.5) is 0 Å². The van der Waals surface area contributed by atoms with Crippen LogP contribution in [0.25, 0.3) is 0 Å². The third kappa shape index (κ3) is 3.74. The zero-order chi connectivity index (χ0) is 14.6. The van der Waals surface area contributed by atoms with Crippen molar-refractivity contribution in [3.05, 3.63) is 12.2 Å². The van der Waals surface area contributed by atoms with Gasteiger partial charge in [0, 0.05) is 26.1 Å². The van der Waals surface area contributed by atoms with Gasteiger partial charge >= 0.3 is 5.97 Å². The second kappa shape index (κ2) is 6.29. The number of hydrogen-bond acceptors (Lipinski definition) is 6. The first-order valence-electron chi connectivity index (χ1n) is 6.22. The Balaban J connectivity index is 1.80. The molecule has 1 saturated heterocycles. The number of carboxylic acids is 1. The summed E-state index contributed by atoms with van der Waals surface area (Å²) in [5, 5.41) is 12.3. The molecule has 1 aromatic heterocycles. The largest absolute Gasteiger partial charge is 0.481 e. The molecule has 2 heterocycles. The van der Waals surface area contributed by atoms with Crippen LogP contribution in [0.3, 0.4) is 0 Å². The third-order valence-corrected chi connectivity index (χ3v) is 4.79. The third-order valence-electron chi connectivity index (χ3n) is 3.17. The van der Waals surface area contributed by atoms with E-state index in [9.17, 15) is 13.2 Å². The van der Waals surface area contributed by atoms with E-state index in [2.05, 4.69) is 14.9 Å². The molecule has 2 N–H and O–H groups in total. The van der Waals surface area contributed by atoms with Crippen LogP contribution in [-0.2, 0) is 21.4 Å². The molecule has 2 rings (SSSR count). The molecule has 10 heteroatoms. The van der Waals surface area contributed by atoms with Gasteiger partial charge in [-0.2, -0.15) is 17.7 Å². The van der Waals surface area contributed by atoms with Gasteiger partial charge < -0.3 is 9.63 Å². The molecule has 1 aromatic rings. The van der Waals surface area contributed by atoms with Crippen LogP contribution in [0.15, 0.2) is 10.9 Å². The number of carboxylic acid groups (broad SMARTS) is 1. The minimum atomic E-state index is -3.59. The zero-order valence-electron chi connectivity index (χ0n) is 10.7. The minimum Gasteiger partial charge on any atom is -0.481 e. The van der Waals surface area contributed by atoms with Gasteiger partial charge in [0.1, 0.15) is 0 Å². The Kier molecular flexibility index (Phi) is 4.68. The van der Waals surface area contributed by atoms with Gasteiger partial charge in [-0.3, -0.25) is 4.79 Å². The maximum Gasteiger partial charge on any atom is 0.306 e. The van der Waals surface area contributed by atoms with E-state index in [-0.39, 0.29) is 19.6 Å². The molecule has 0 aliphatic carbocycles. The molecule has 9 nitrogen and oxygen atoms in total. The molecule has 0 radical (unpaired) electrons. The fourth-order valence-corrected chi connectivity index (χ4v) is 3.26. The van der Waals surface area contributed by atoms with Crippen molar-refractivity contribution in [2.24, 2.45) is 5.92 Å². The number of carbonyl (C=O) groups is 1. The fourth-order valence-electron chi connectivity index (χ4n) is 2.03. The summed E-state index contributed by atoms with van der Waals surface area (Å²) in [6.45, 7) is 0.586. The first kappa shape index (κ1) is 14.9. The van der Waals surface area contributed by atoms with E-state index in [1.165, 1.54) is 10.6 Å². The molecular formula is C10H16N4O5S. The predicted octanol–water partition coefficient (Wildman–Crippen LogP) is -0.757. The highest BCUT2D eigenvalue weighted by Gasteiger charge is 2.30. The number of aliphatic carboxylic acids is 1. The van der Waals surface area contributed by atoms with Gasteiger partial charge in [0.2, 0.25) is 5.89 Å². The van der Waals surface area contributed by atoms with Crippen molar-refractivity contribution >= 4 is 16.2 Å². The summed E-state index contributed by atoms with van der Waals surface area (Å²) >= 11 is 0. The Labute approximate surface area is 116 Å². The lowest BCUT2D eigenvalue weighted by atomic mass is 9.99. The molecule has 1 aliphatic rings. The van der Waals surface area contributed by atoms with Gasteiger partial charge in [-0.05, 0) is 12.8 Å². The number of hydrogen-bond donors (Lipinski definition) is 2. The zero-order valence-corrected chi connectivity index (χ0v) is 11.5. The van der Waals surface area contributed by atoms with Crippen molar-refractivity contribution in [3.8, 4) is 0 Å². The van der Waals surface area contributed by atoms with Crippen LogP contribution in [0.2, 0.25) is 0 Å². The van der Waals surface area contributed by atoms with Gasteiger partial charge in [-0.25, -0.2) is 4.72 Å². The lowest BCUT2D eigenvalue weighted by molar-refractivity contribution is -0.142. The summed E-state index contributed by atoms with van der Waals surface area (Å²) in [4.78, 5) is 14.6. The average Bonchev–Trinajstić information content (AvgIpc) is 2.92. The van der Waals surface area contributed by atoms with E-state index in [0.717, 1.165) is 0 Å². The molecule has 0 spiro atoms. The first-order chi connectivity index (χ1) is 9.49. The predicted molar refractivity (Wildman–Crippen MR) is 66.9 cm³/mol. The average molecular weight is 304 g/mol. The normalized spacial score (nSPS) is 18.2. The summed E-state index contributed by atoms with van der Waals surface area (Å²) in [5.41, 5.74) is 0. The second-order valence-electron chi connectivity index (χ2n) is 4.50. The minimum absolute atomic E-state index is 0.156. The monoisotopic (exact) mass is 304 g/mol. The summed E-state index contributed by atoms with van der Waals surface area (Å²) in [5.74, 6) is -0.969. The maximum absolute atomic E-state index is 12.0. The van der Waals surface area contributed by atoms with Crippen LogP contribution in [0.5, 0.6) is 0 Å². The van der Waals surface area contributed by atoms with E-state index in [0.29, 0.717) is 25.2 Å². The van der Waals surface area contributed by atoms with Gasteiger partial charge in [-0.1, -0.05) is 5.16 Å². The van der Waals surface area contributed by atoms with E-state index >= 15 is 0 Å². The molecular weight excluding hydrogens is 288 g/mol. The number of aromatic nitrogens is 2. The van der Waals surface area contributed by atoms with Crippen LogP contribution in [-0.4, -0.2) is 53.6 Å². The van der Waals surface area contributed by atoms with Gasteiger partial charge in [-0.15, -0.1) is 0 Å². The smallest absolute Gasteiger partial charge is 0.306 e. The molecule has 0 unspecified atom stereocenters. The molecule has 20 heavy (non-hydrogen) atoms. The lowest BCUT2D eigenvalue weighted by Crippen LogP contribution is -2.46. The van der Waals surface area contributed by atoms with Crippen molar-refractivity contribution in [1.82, 2.24) is 19.2 Å². The molecule has 1 fully saturated rings. The van der Waals surface area contributed by atoms with Gasteiger partial charge in [0.05, 0.1) is 5.92 Å². The van der Waals surface area contributed by atoms with Gasteiger partial charge in [0.25, 0.3) is 10.2 Å². The standard InChI is InChI=1S/C10H16N4O5S/c15-10(16)8-2-5-14(6-3-8)20(17,18)13-4-1-9-11-7-12-19-9/h7-8,13H,1-6H2,(H,15,16). The van der Waals surface area contributed by atoms with Crippen LogP contribution < -0.4 is 4.72 Å². The Morgan fingerprint density at radius 3 is 2.75 bits per heavy atom. The highest BCUT2D eigenvalue weighted by Crippen LogP contribution is 2.19.